The summed E-state index contributed by atoms with van der Waals surface area (Å²) in [6.07, 6.45) is 1.96. The van der Waals surface area contributed by atoms with E-state index in [1.54, 1.807) is 7.05 Å². The van der Waals surface area contributed by atoms with Gasteiger partial charge in [0.15, 0.2) is 0 Å². The van der Waals surface area contributed by atoms with Crippen molar-refractivity contribution in [2.45, 2.75) is 45.3 Å². The van der Waals surface area contributed by atoms with Crippen molar-refractivity contribution in [3.8, 4) is 0 Å². The van der Waals surface area contributed by atoms with Crippen molar-refractivity contribution >= 4 is 11.6 Å². The molecular weight excluding hydrogens is 252 g/mol. The number of anilines is 1. The number of hydrogen-bond donors (Lipinski definition) is 2. The number of amides is 1. The molecule has 1 aromatic carbocycles. The lowest BCUT2D eigenvalue weighted by Gasteiger charge is -2.36. The lowest BCUT2D eigenvalue weighted by Crippen LogP contribution is -2.40. The molecule has 1 aliphatic rings. The maximum Gasteiger partial charge on any atom is 0.251 e. The standard InChI is InChI=1S/C16H24N2O2/c1-11-13(15(19)17-4)6-5-7-14(11)18-12-8-9-20-16(2,3)10-12/h5-7,12,18H,8-10H2,1-4H3,(H,17,19). The highest BCUT2D eigenvalue weighted by atomic mass is 16.5. The molecule has 4 nitrogen and oxygen atoms in total. The molecule has 2 rings (SSSR count). The number of rotatable bonds is 3. The zero-order chi connectivity index (χ0) is 14.8. The van der Waals surface area contributed by atoms with Crippen LogP contribution >= 0.6 is 0 Å². The first-order valence-corrected chi connectivity index (χ1v) is 7.15. The summed E-state index contributed by atoms with van der Waals surface area (Å²) in [6, 6.07) is 6.19. The third kappa shape index (κ3) is 3.31. The third-order valence-electron chi connectivity index (χ3n) is 3.86. The van der Waals surface area contributed by atoms with Crippen LogP contribution in [0.4, 0.5) is 5.69 Å². The van der Waals surface area contributed by atoms with E-state index in [0.717, 1.165) is 36.3 Å². The normalized spacial score (nSPS) is 21.3. The Morgan fingerprint density at radius 2 is 2.15 bits per heavy atom. The Kier molecular flexibility index (Phi) is 4.33. The van der Waals surface area contributed by atoms with Gasteiger partial charge in [-0.3, -0.25) is 4.79 Å². The van der Waals surface area contributed by atoms with Crippen LogP contribution in [-0.4, -0.2) is 31.2 Å². The summed E-state index contributed by atoms with van der Waals surface area (Å²) >= 11 is 0. The third-order valence-corrected chi connectivity index (χ3v) is 3.86. The summed E-state index contributed by atoms with van der Waals surface area (Å²) < 4.78 is 5.74. The molecule has 4 heteroatoms. The molecule has 0 aliphatic carbocycles. The van der Waals surface area contributed by atoms with Crippen LogP contribution in [0.1, 0.15) is 42.6 Å². The summed E-state index contributed by atoms with van der Waals surface area (Å²) in [5.41, 5.74) is 2.68. The first-order chi connectivity index (χ1) is 9.43. The molecule has 1 aliphatic heterocycles. The fourth-order valence-electron chi connectivity index (χ4n) is 2.75. The molecule has 1 fully saturated rings. The molecule has 0 bridgehead atoms. The number of carbonyl (C=O) groups excluding carboxylic acids is 1. The van der Waals surface area contributed by atoms with Crippen LogP contribution in [0, 0.1) is 6.92 Å². The highest BCUT2D eigenvalue weighted by molar-refractivity contribution is 5.96. The average Bonchev–Trinajstić information content (AvgIpc) is 2.39. The van der Waals surface area contributed by atoms with Crippen LogP contribution in [0.25, 0.3) is 0 Å². The van der Waals surface area contributed by atoms with Gasteiger partial charge in [0, 0.05) is 30.9 Å². The highest BCUT2D eigenvalue weighted by Crippen LogP contribution is 2.28. The Hall–Kier alpha value is -1.55. The minimum atomic E-state index is -0.0811. The maximum absolute atomic E-state index is 11.8. The summed E-state index contributed by atoms with van der Waals surface area (Å²) in [5.74, 6) is -0.0431. The van der Waals surface area contributed by atoms with Crippen LogP contribution in [0.15, 0.2) is 18.2 Å². The van der Waals surface area contributed by atoms with E-state index in [9.17, 15) is 4.79 Å². The topological polar surface area (TPSA) is 50.4 Å². The molecule has 1 aromatic rings. The van der Waals surface area contributed by atoms with E-state index in [-0.39, 0.29) is 11.5 Å². The van der Waals surface area contributed by atoms with Gasteiger partial charge in [-0.1, -0.05) is 6.07 Å². The second-order valence-corrected chi connectivity index (χ2v) is 6.00. The zero-order valence-electron chi connectivity index (χ0n) is 12.7. The molecule has 0 spiro atoms. The lowest BCUT2D eigenvalue weighted by molar-refractivity contribution is -0.0553. The van der Waals surface area contributed by atoms with Gasteiger partial charge in [-0.25, -0.2) is 0 Å². The van der Waals surface area contributed by atoms with Gasteiger partial charge in [0.2, 0.25) is 0 Å². The van der Waals surface area contributed by atoms with E-state index in [1.807, 2.05) is 25.1 Å². The van der Waals surface area contributed by atoms with Crippen molar-refractivity contribution in [1.29, 1.82) is 0 Å². The van der Waals surface area contributed by atoms with Crippen molar-refractivity contribution < 1.29 is 9.53 Å². The number of benzene rings is 1. The molecule has 1 atom stereocenters. The quantitative estimate of drug-likeness (QED) is 0.892. The van der Waals surface area contributed by atoms with Crippen molar-refractivity contribution in [3.63, 3.8) is 0 Å². The molecule has 110 valence electrons. The van der Waals surface area contributed by atoms with Gasteiger partial charge in [0.25, 0.3) is 5.91 Å². The van der Waals surface area contributed by atoms with Gasteiger partial charge in [-0.2, -0.15) is 0 Å². The van der Waals surface area contributed by atoms with Crippen LogP contribution < -0.4 is 10.6 Å². The Morgan fingerprint density at radius 3 is 2.80 bits per heavy atom. The van der Waals surface area contributed by atoms with Gasteiger partial charge >= 0.3 is 0 Å². The van der Waals surface area contributed by atoms with Crippen LogP contribution in [-0.2, 0) is 4.74 Å². The minimum absolute atomic E-state index is 0.0431. The lowest BCUT2D eigenvalue weighted by atomic mass is 9.93. The summed E-state index contributed by atoms with van der Waals surface area (Å²) in [4.78, 5) is 11.8. The largest absolute Gasteiger partial charge is 0.382 e. The van der Waals surface area contributed by atoms with Crippen molar-refractivity contribution in [2.75, 3.05) is 19.0 Å². The molecule has 1 amide bonds. The van der Waals surface area contributed by atoms with Gasteiger partial charge in [0.1, 0.15) is 0 Å². The second kappa shape index (κ2) is 5.83. The number of ether oxygens (including phenoxy) is 1. The Balaban J connectivity index is 2.15. The smallest absolute Gasteiger partial charge is 0.251 e. The number of hydrogen-bond acceptors (Lipinski definition) is 3. The van der Waals surface area contributed by atoms with Gasteiger partial charge in [-0.15, -0.1) is 0 Å². The van der Waals surface area contributed by atoms with Gasteiger partial charge in [0.05, 0.1) is 5.60 Å². The monoisotopic (exact) mass is 276 g/mol. The van der Waals surface area contributed by atoms with E-state index >= 15 is 0 Å². The fourth-order valence-corrected chi connectivity index (χ4v) is 2.75. The van der Waals surface area contributed by atoms with Crippen molar-refractivity contribution in [3.05, 3.63) is 29.3 Å². The summed E-state index contributed by atoms with van der Waals surface area (Å²) in [6.45, 7) is 7.00. The minimum Gasteiger partial charge on any atom is -0.382 e. The second-order valence-electron chi connectivity index (χ2n) is 6.00. The van der Waals surface area contributed by atoms with Crippen molar-refractivity contribution in [1.82, 2.24) is 5.32 Å². The molecular formula is C16H24N2O2. The van der Waals surface area contributed by atoms with Gasteiger partial charge < -0.3 is 15.4 Å². The molecule has 1 saturated heterocycles. The Bertz CT molecular complexity index is 497. The molecule has 0 saturated carbocycles. The predicted octanol–water partition coefficient (Wildman–Crippen LogP) is 2.72. The Morgan fingerprint density at radius 1 is 1.40 bits per heavy atom. The summed E-state index contributed by atoms with van der Waals surface area (Å²) in [5, 5.41) is 6.24. The molecule has 0 radical (unpaired) electrons. The van der Waals surface area contributed by atoms with E-state index < -0.39 is 0 Å². The van der Waals surface area contributed by atoms with Crippen LogP contribution in [0.2, 0.25) is 0 Å². The van der Waals surface area contributed by atoms with Crippen LogP contribution in [0.3, 0.4) is 0 Å². The fraction of sp³-hybridized carbons (Fsp3) is 0.562. The zero-order valence-corrected chi connectivity index (χ0v) is 12.7. The molecule has 2 N–H and O–H groups in total. The number of carbonyl (C=O) groups is 1. The van der Waals surface area contributed by atoms with E-state index in [2.05, 4.69) is 24.5 Å². The molecule has 1 heterocycles. The molecule has 0 aromatic heterocycles. The average molecular weight is 276 g/mol. The summed E-state index contributed by atoms with van der Waals surface area (Å²) in [7, 11) is 1.66. The SMILES string of the molecule is CNC(=O)c1cccc(NC2CCOC(C)(C)C2)c1C. The molecule has 20 heavy (non-hydrogen) atoms. The first kappa shape index (κ1) is 14.9. The van der Waals surface area contributed by atoms with Crippen molar-refractivity contribution in [2.24, 2.45) is 0 Å². The van der Waals surface area contributed by atoms with Crippen LogP contribution in [0.5, 0.6) is 0 Å². The first-order valence-electron chi connectivity index (χ1n) is 7.15. The van der Waals surface area contributed by atoms with E-state index in [4.69, 9.17) is 4.74 Å². The highest BCUT2D eigenvalue weighted by Gasteiger charge is 2.29. The maximum atomic E-state index is 11.8. The number of nitrogens with one attached hydrogen (secondary N) is 2. The van der Waals surface area contributed by atoms with E-state index in [0.29, 0.717) is 6.04 Å². The van der Waals surface area contributed by atoms with Gasteiger partial charge in [-0.05, 0) is 51.3 Å². The predicted molar refractivity (Wildman–Crippen MR) is 81.2 cm³/mol. The van der Waals surface area contributed by atoms with E-state index in [1.165, 1.54) is 0 Å². The molecule has 1 unspecified atom stereocenters. The Labute approximate surface area is 120 Å².